The lowest BCUT2D eigenvalue weighted by Crippen LogP contribution is -2.20. The zero-order valence-electron chi connectivity index (χ0n) is 17.5. The summed E-state index contributed by atoms with van der Waals surface area (Å²) in [4.78, 5) is 0. The van der Waals surface area contributed by atoms with Gasteiger partial charge in [-0.2, -0.15) is 0 Å². The average Bonchev–Trinajstić information content (AvgIpc) is 2.69. The lowest BCUT2D eigenvalue weighted by Gasteiger charge is -2.28. The number of rotatable bonds is 4. The summed E-state index contributed by atoms with van der Waals surface area (Å²) < 4.78 is 0. The van der Waals surface area contributed by atoms with E-state index in [2.05, 4.69) is 65.0 Å². The van der Waals surface area contributed by atoms with Gasteiger partial charge < -0.3 is 10.5 Å². The maximum absolute atomic E-state index is 10.5. The minimum atomic E-state index is -0.312. The van der Waals surface area contributed by atoms with Crippen molar-refractivity contribution < 1.29 is 5.11 Å². The number of aromatic hydroxyl groups is 1. The third-order valence-electron chi connectivity index (χ3n) is 5.09. The molecule has 0 radical (unpaired) electrons. The largest absolute Gasteiger partial charge is 0.507 e. The first-order chi connectivity index (χ1) is 13.3. The SMILES string of the molecule is CC(C)c1cc(C=N)c(O)c(C(C)(C)c2ccccc2)c1.Cc1ccccc1. The molecule has 0 spiro atoms. The molecule has 0 saturated heterocycles. The number of phenols is 1. The lowest BCUT2D eigenvalue weighted by atomic mass is 9.76. The summed E-state index contributed by atoms with van der Waals surface area (Å²) in [6.07, 6.45) is 1.23. The predicted octanol–water partition coefficient (Wildman–Crippen LogP) is 6.83. The summed E-state index contributed by atoms with van der Waals surface area (Å²) >= 11 is 0. The highest BCUT2D eigenvalue weighted by molar-refractivity contribution is 5.83. The quantitative estimate of drug-likeness (QED) is 0.483. The van der Waals surface area contributed by atoms with Gasteiger partial charge in [0, 0.05) is 22.8 Å². The Kier molecular flexibility index (Phi) is 7.17. The van der Waals surface area contributed by atoms with E-state index in [1.54, 1.807) is 0 Å². The highest BCUT2D eigenvalue weighted by Gasteiger charge is 2.28. The summed E-state index contributed by atoms with van der Waals surface area (Å²) in [6, 6.07) is 24.4. The maximum Gasteiger partial charge on any atom is 0.128 e. The van der Waals surface area contributed by atoms with E-state index >= 15 is 0 Å². The van der Waals surface area contributed by atoms with Gasteiger partial charge in [-0.15, -0.1) is 0 Å². The molecule has 0 unspecified atom stereocenters. The van der Waals surface area contributed by atoms with Crippen molar-refractivity contribution in [1.82, 2.24) is 0 Å². The Morgan fingerprint density at radius 2 is 1.43 bits per heavy atom. The summed E-state index contributed by atoms with van der Waals surface area (Å²) in [7, 11) is 0. The van der Waals surface area contributed by atoms with Gasteiger partial charge in [-0.25, -0.2) is 0 Å². The Balaban J connectivity index is 0.000000336. The van der Waals surface area contributed by atoms with Crippen LogP contribution >= 0.6 is 0 Å². The van der Waals surface area contributed by atoms with E-state index in [1.165, 1.54) is 11.8 Å². The van der Waals surface area contributed by atoms with Gasteiger partial charge in [0.25, 0.3) is 0 Å². The molecule has 0 aliphatic heterocycles. The second-order valence-electron chi connectivity index (χ2n) is 7.95. The second-order valence-corrected chi connectivity index (χ2v) is 7.95. The summed E-state index contributed by atoms with van der Waals surface area (Å²) in [5.74, 6) is 0.567. The van der Waals surface area contributed by atoms with Gasteiger partial charge in [-0.3, -0.25) is 0 Å². The normalized spacial score (nSPS) is 10.9. The van der Waals surface area contributed by atoms with Crippen LogP contribution in [0.3, 0.4) is 0 Å². The standard InChI is InChI=1S/C19H23NO.C7H8/c1-13(2)14-10-15(12-20)18(21)17(11-14)19(3,4)16-8-6-5-7-9-16;1-7-5-3-2-4-6-7/h5-13,20-21H,1-4H3;2-6H,1H3. The predicted molar refractivity (Wildman–Crippen MR) is 120 cm³/mol. The van der Waals surface area contributed by atoms with Crippen molar-refractivity contribution in [3.05, 3.63) is 101 Å². The number of hydrogen-bond donors (Lipinski definition) is 2. The first-order valence-electron chi connectivity index (χ1n) is 9.72. The number of benzene rings is 3. The zero-order valence-corrected chi connectivity index (χ0v) is 17.5. The molecule has 28 heavy (non-hydrogen) atoms. The maximum atomic E-state index is 10.5. The van der Waals surface area contributed by atoms with Crippen LogP contribution in [0.4, 0.5) is 0 Å². The molecule has 0 saturated carbocycles. The van der Waals surface area contributed by atoms with Crippen LogP contribution in [-0.4, -0.2) is 11.3 Å². The van der Waals surface area contributed by atoms with Crippen LogP contribution in [0.5, 0.6) is 5.75 Å². The number of aryl methyl sites for hydroxylation is 1. The van der Waals surface area contributed by atoms with Crippen molar-refractivity contribution in [3.63, 3.8) is 0 Å². The van der Waals surface area contributed by atoms with E-state index in [0.717, 1.165) is 16.7 Å². The molecule has 3 aromatic rings. The van der Waals surface area contributed by atoms with Gasteiger partial charge in [-0.1, -0.05) is 100.0 Å². The first kappa shape index (κ1) is 21.4. The fourth-order valence-electron chi connectivity index (χ4n) is 3.14. The van der Waals surface area contributed by atoms with Crippen molar-refractivity contribution in [2.75, 3.05) is 0 Å². The Morgan fingerprint density at radius 3 is 1.86 bits per heavy atom. The Bertz CT molecular complexity index is 896. The van der Waals surface area contributed by atoms with E-state index in [-0.39, 0.29) is 11.2 Å². The zero-order chi connectivity index (χ0) is 20.7. The number of nitrogens with one attached hydrogen (secondary N) is 1. The smallest absolute Gasteiger partial charge is 0.128 e. The fraction of sp³-hybridized carbons (Fsp3) is 0.269. The molecule has 2 N–H and O–H groups in total. The van der Waals surface area contributed by atoms with Crippen LogP contribution in [0, 0.1) is 12.3 Å². The molecule has 0 aromatic heterocycles. The van der Waals surface area contributed by atoms with Gasteiger partial charge >= 0.3 is 0 Å². The summed E-state index contributed by atoms with van der Waals surface area (Å²) in [5.41, 5.74) is 4.76. The third kappa shape index (κ3) is 5.10. The van der Waals surface area contributed by atoms with Gasteiger partial charge in [0.1, 0.15) is 5.75 Å². The molecular weight excluding hydrogens is 342 g/mol. The van der Waals surface area contributed by atoms with E-state index in [9.17, 15) is 5.11 Å². The molecule has 146 valence electrons. The Hall–Kier alpha value is -2.87. The molecule has 0 fully saturated rings. The molecule has 0 atom stereocenters. The molecular formula is C26H31NO. The van der Waals surface area contributed by atoms with E-state index < -0.39 is 0 Å². The number of hydrogen-bond acceptors (Lipinski definition) is 2. The highest BCUT2D eigenvalue weighted by atomic mass is 16.3. The van der Waals surface area contributed by atoms with Crippen molar-refractivity contribution >= 4 is 6.21 Å². The minimum absolute atomic E-state index is 0.211. The van der Waals surface area contributed by atoms with E-state index in [1.807, 2.05) is 42.5 Å². The second kappa shape index (κ2) is 9.36. The molecule has 3 aromatic carbocycles. The van der Waals surface area contributed by atoms with Gasteiger partial charge in [-0.05, 0) is 30.0 Å². The third-order valence-corrected chi connectivity index (χ3v) is 5.09. The molecule has 0 heterocycles. The molecule has 2 heteroatoms. The topological polar surface area (TPSA) is 44.1 Å². The Morgan fingerprint density at radius 1 is 0.893 bits per heavy atom. The van der Waals surface area contributed by atoms with Gasteiger partial charge in [0.05, 0.1) is 0 Å². The highest BCUT2D eigenvalue weighted by Crippen LogP contribution is 2.39. The lowest BCUT2D eigenvalue weighted by molar-refractivity contribution is 0.451. The van der Waals surface area contributed by atoms with Crippen molar-refractivity contribution in [2.45, 2.75) is 46.0 Å². The Labute approximate surface area is 169 Å². The molecule has 0 aliphatic rings. The number of phenolic OH excluding ortho intramolecular Hbond substituents is 1. The first-order valence-corrected chi connectivity index (χ1v) is 9.72. The molecule has 0 aliphatic carbocycles. The molecule has 0 bridgehead atoms. The van der Waals surface area contributed by atoms with Crippen LogP contribution in [0.15, 0.2) is 72.8 Å². The van der Waals surface area contributed by atoms with Gasteiger partial charge in [0.2, 0.25) is 0 Å². The molecule has 2 nitrogen and oxygen atoms in total. The van der Waals surface area contributed by atoms with Crippen LogP contribution in [0.25, 0.3) is 0 Å². The summed E-state index contributed by atoms with van der Waals surface area (Å²) in [6.45, 7) is 10.5. The van der Waals surface area contributed by atoms with Crippen molar-refractivity contribution in [2.24, 2.45) is 0 Å². The fourth-order valence-corrected chi connectivity index (χ4v) is 3.14. The van der Waals surface area contributed by atoms with Crippen LogP contribution in [0.2, 0.25) is 0 Å². The van der Waals surface area contributed by atoms with Crippen LogP contribution < -0.4 is 0 Å². The average molecular weight is 374 g/mol. The van der Waals surface area contributed by atoms with Crippen molar-refractivity contribution in [1.29, 1.82) is 5.41 Å². The molecule has 3 rings (SSSR count). The van der Waals surface area contributed by atoms with Gasteiger partial charge in [0.15, 0.2) is 0 Å². The molecule has 0 amide bonds. The van der Waals surface area contributed by atoms with Crippen LogP contribution in [0.1, 0.15) is 61.4 Å². The van der Waals surface area contributed by atoms with Crippen molar-refractivity contribution in [3.8, 4) is 5.75 Å². The minimum Gasteiger partial charge on any atom is -0.507 e. The summed E-state index contributed by atoms with van der Waals surface area (Å²) in [5, 5.41) is 18.1. The van der Waals surface area contributed by atoms with E-state index in [4.69, 9.17) is 5.41 Å². The van der Waals surface area contributed by atoms with Crippen LogP contribution in [-0.2, 0) is 5.41 Å². The van der Waals surface area contributed by atoms with E-state index in [0.29, 0.717) is 11.5 Å². The monoisotopic (exact) mass is 373 g/mol.